The maximum absolute atomic E-state index is 9.12. The number of hydrogen-bond donors (Lipinski definition) is 0. The minimum atomic E-state index is 0.505. The second-order valence-electron chi connectivity index (χ2n) is 4.85. The van der Waals surface area contributed by atoms with Crippen LogP contribution in [0.4, 0.5) is 0 Å². The molecule has 0 aromatic carbocycles. The number of rotatable bonds is 4. The van der Waals surface area contributed by atoms with Gasteiger partial charge in [0, 0.05) is 12.5 Å². The fourth-order valence-electron chi connectivity index (χ4n) is 2.65. The van der Waals surface area contributed by atoms with Crippen LogP contribution in [0, 0.1) is 11.3 Å². The van der Waals surface area contributed by atoms with Crippen molar-refractivity contribution in [2.24, 2.45) is 0 Å². The molecule has 17 heavy (non-hydrogen) atoms. The smallest absolute Gasteiger partial charge is 0.186 e. The molecule has 1 aliphatic rings. The maximum atomic E-state index is 9.12. The Balaban J connectivity index is 2.21. The first-order valence-corrected chi connectivity index (χ1v) is 6.70. The molecule has 0 amide bonds. The number of nitrogens with zero attached hydrogens (tertiary/aromatic N) is 4. The molecule has 1 fully saturated rings. The van der Waals surface area contributed by atoms with Gasteiger partial charge in [-0.3, -0.25) is 0 Å². The van der Waals surface area contributed by atoms with Crippen molar-refractivity contribution in [2.75, 3.05) is 0 Å². The molecule has 0 saturated heterocycles. The Morgan fingerprint density at radius 2 is 2.12 bits per heavy atom. The third-order valence-electron chi connectivity index (χ3n) is 3.59. The highest BCUT2D eigenvalue weighted by atomic mass is 15.4. The summed E-state index contributed by atoms with van der Waals surface area (Å²) in [4.78, 5) is 0. The summed E-state index contributed by atoms with van der Waals surface area (Å²) in [6.07, 6.45) is 8.50. The number of aromatic nitrogens is 3. The Morgan fingerprint density at radius 3 is 2.76 bits per heavy atom. The molecule has 92 valence electrons. The van der Waals surface area contributed by atoms with Crippen LogP contribution >= 0.6 is 0 Å². The third kappa shape index (κ3) is 2.66. The summed E-state index contributed by atoms with van der Waals surface area (Å²) in [5.41, 5.74) is 1.65. The van der Waals surface area contributed by atoms with Crippen molar-refractivity contribution in [3.63, 3.8) is 0 Å². The van der Waals surface area contributed by atoms with Crippen molar-refractivity contribution in [1.82, 2.24) is 15.0 Å². The van der Waals surface area contributed by atoms with Crippen molar-refractivity contribution >= 4 is 0 Å². The van der Waals surface area contributed by atoms with Crippen LogP contribution in [0.25, 0.3) is 0 Å². The van der Waals surface area contributed by atoms with Crippen LogP contribution in [0.3, 0.4) is 0 Å². The van der Waals surface area contributed by atoms with Crippen molar-refractivity contribution in [2.45, 2.75) is 64.3 Å². The van der Waals surface area contributed by atoms with Gasteiger partial charge in [0.25, 0.3) is 0 Å². The van der Waals surface area contributed by atoms with E-state index in [9.17, 15) is 0 Å². The second kappa shape index (κ2) is 5.81. The van der Waals surface area contributed by atoms with Gasteiger partial charge < -0.3 is 0 Å². The van der Waals surface area contributed by atoms with E-state index in [1.807, 2.05) is 4.68 Å². The van der Waals surface area contributed by atoms with Crippen LogP contribution in [-0.2, 0) is 6.54 Å². The average molecular weight is 232 g/mol. The van der Waals surface area contributed by atoms with Gasteiger partial charge in [0.2, 0.25) is 0 Å². The highest BCUT2D eigenvalue weighted by Crippen LogP contribution is 2.33. The molecule has 0 radical (unpaired) electrons. The van der Waals surface area contributed by atoms with Crippen molar-refractivity contribution in [1.29, 1.82) is 5.26 Å². The summed E-state index contributed by atoms with van der Waals surface area (Å²) in [7, 11) is 0. The first-order chi connectivity index (χ1) is 8.36. The van der Waals surface area contributed by atoms with E-state index in [4.69, 9.17) is 5.26 Å². The summed E-state index contributed by atoms with van der Waals surface area (Å²) < 4.78 is 1.97. The van der Waals surface area contributed by atoms with E-state index in [0.717, 1.165) is 25.1 Å². The Morgan fingerprint density at radius 1 is 1.35 bits per heavy atom. The zero-order valence-electron chi connectivity index (χ0n) is 10.5. The van der Waals surface area contributed by atoms with Gasteiger partial charge in [0.05, 0.1) is 5.69 Å². The van der Waals surface area contributed by atoms with Gasteiger partial charge in [-0.15, -0.1) is 5.10 Å². The van der Waals surface area contributed by atoms with E-state index in [-0.39, 0.29) is 0 Å². The molecule has 0 spiro atoms. The van der Waals surface area contributed by atoms with E-state index >= 15 is 0 Å². The van der Waals surface area contributed by atoms with E-state index < -0.39 is 0 Å². The van der Waals surface area contributed by atoms with Crippen molar-refractivity contribution in [3.8, 4) is 6.07 Å². The molecule has 0 N–H and O–H groups in total. The third-order valence-corrected chi connectivity index (χ3v) is 3.59. The molecule has 4 heteroatoms. The minimum absolute atomic E-state index is 0.505. The Kier molecular flexibility index (Phi) is 4.13. The monoisotopic (exact) mass is 232 g/mol. The molecular formula is C13H20N4. The van der Waals surface area contributed by atoms with E-state index in [1.165, 1.54) is 32.1 Å². The van der Waals surface area contributed by atoms with Gasteiger partial charge in [-0.05, 0) is 19.3 Å². The molecule has 1 heterocycles. The van der Waals surface area contributed by atoms with Crippen molar-refractivity contribution < 1.29 is 0 Å². The van der Waals surface area contributed by atoms with Gasteiger partial charge in [-0.2, -0.15) is 5.26 Å². The lowest BCUT2D eigenvalue weighted by Gasteiger charge is -2.22. The normalized spacial score (nSPS) is 16.9. The predicted octanol–water partition coefficient (Wildman–Crippen LogP) is 3.00. The molecule has 1 aromatic rings. The predicted molar refractivity (Wildman–Crippen MR) is 65.5 cm³/mol. The Bertz CT molecular complexity index is 396. The molecule has 0 unspecified atom stereocenters. The zero-order chi connectivity index (χ0) is 12.1. The number of nitriles is 1. The first kappa shape index (κ1) is 12.1. The van der Waals surface area contributed by atoms with Gasteiger partial charge in [-0.25, -0.2) is 4.68 Å². The van der Waals surface area contributed by atoms with Crippen LogP contribution in [0.1, 0.15) is 69.2 Å². The number of unbranched alkanes of at least 4 members (excludes halogenated alkanes) is 1. The van der Waals surface area contributed by atoms with Crippen LogP contribution < -0.4 is 0 Å². The molecule has 0 bridgehead atoms. The molecular weight excluding hydrogens is 212 g/mol. The minimum Gasteiger partial charge on any atom is -0.248 e. The van der Waals surface area contributed by atoms with Crippen LogP contribution in [0.5, 0.6) is 0 Å². The van der Waals surface area contributed by atoms with Gasteiger partial charge in [0.1, 0.15) is 6.07 Å². The van der Waals surface area contributed by atoms with Gasteiger partial charge in [0.15, 0.2) is 5.69 Å². The molecule has 4 nitrogen and oxygen atoms in total. The maximum Gasteiger partial charge on any atom is 0.186 e. The lowest BCUT2D eigenvalue weighted by molar-refractivity contribution is 0.410. The molecule has 1 aliphatic carbocycles. The summed E-state index contributed by atoms with van der Waals surface area (Å²) in [6, 6.07) is 2.20. The number of hydrogen-bond acceptors (Lipinski definition) is 3. The Hall–Kier alpha value is -1.37. The first-order valence-electron chi connectivity index (χ1n) is 6.70. The topological polar surface area (TPSA) is 54.5 Å². The lowest BCUT2D eigenvalue weighted by atomic mass is 9.86. The van der Waals surface area contributed by atoms with Crippen LogP contribution in [0.15, 0.2) is 0 Å². The number of aryl methyl sites for hydroxylation is 1. The summed E-state index contributed by atoms with van der Waals surface area (Å²) in [5, 5.41) is 17.3. The molecule has 2 rings (SSSR count). The van der Waals surface area contributed by atoms with Gasteiger partial charge in [-0.1, -0.05) is 37.8 Å². The average Bonchev–Trinajstić information content (AvgIpc) is 2.80. The highest BCUT2D eigenvalue weighted by molar-refractivity contribution is 5.28. The second-order valence-corrected chi connectivity index (χ2v) is 4.85. The lowest BCUT2D eigenvalue weighted by Crippen LogP contribution is -2.13. The van der Waals surface area contributed by atoms with E-state index in [2.05, 4.69) is 23.3 Å². The van der Waals surface area contributed by atoms with E-state index in [1.54, 1.807) is 0 Å². The standard InChI is InChI=1S/C13H20N4/c1-2-3-9-17-13(12(10-14)15-16-17)11-7-5-4-6-8-11/h11H,2-9H2,1H3. The van der Waals surface area contributed by atoms with Crippen LogP contribution in [-0.4, -0.2) is 15.0 Å². The molecule has 0 aliphatic heterocycles. The zero-order valence-corrected chi connectivity index (χ0v) is 10.5. The fraction of sp³-hybridized carbons (Fsp3) is 0.769. The summed E-state index contributed by atoms with van der Waals surface area (Å²) in [6.45, 7) is 3.07. The largest absolute Gasteiger partial charge is 0.248 e. The fourth-order valence-corrected chi connectivity index (χ4v) is 2.65. The van der Waals surface area contributed by atoms with E-state index in [0.29, 0.717) is 11.6 Å². The highest BCUT2D eigenvalue weighted by Gasteiger charge is 2.24. The molecule has 1 aromatic heterocycles. The van der Waals surface area contributed by atoms with Crippen LogP contribution in [0.2, 0.25) is 0 Å². The van der Waals surface area contributed by atoms with Gasteiger partial charge >= 0.3 is 0 Å². The summed E-state index contributed by atoms with van der Waals surface area (Å²) in [5.74, 6) is 0.505. The quantitative estimate of drug-likeness (QED) is 0.801. The summed E-state index contributed by atoms with van der Waals surface area (Å²) >= 11 is 0. The molecule has 0 atom stereocenters. The Labute approximate surface area is 103 Å². The van der Waals surface area contributed by atoms with Crippen molar-refractivity contribution in [3.05, 3.63) is 11.4 Å². The SMILES string of the molecule is CCCCn1nnc(C#N)c1C1CCCCC1. The molecule has 1 saturated carbocycles.